The molecule has 1 heteroatoms. The maximum atomic E-state index is 2.29. The van der Waals surface area contributed by atoms with E-state index in [4.69, 9.17) is 0 Å². The maximum absolute atomic E-state index is 2.29. The van der Waals surface area contributed by atoms with Gasteiger partial charge in [-0.05, 0) is 0 Å². The second-order valence-corrected chi connectivity index (χ2v) is 6.30. The van der Waals surface area contributed by atoms with Crippen molar-refractivity contribution in [1.29, 1.82) is 0 Å². The summed E-state index contributed by atoms with van der Waals surface area (Å²) >= 11 is -0.105. The predicted molar refractivity (Wildman–Crippen MR) is 45.0 cm³/mol. The van der Waals surface area contributed by atoms with Crippen LogP contribution in [0.2, 0.25) is 8.26 Å². The van der Waals surface area contributed by atoms with E-state index in [-0.39, 0.29) is 23.2 Å². The van der Waals surface area contributed by atoms with E-state index in [0.717, 1.165) is 0 Å². The van der Waals surface area contributed by atoms with E-state index in [1.165, 1.54) is 8.26 Å². The fraction of sp³-hybridized carbons (Fsp3) is 0.500. The van der Waals surface area contributed by atoms with Crippen LogP contribution in [0.25, 0.3) is 0 Å². The molecule has 0 aliphatic carbocycles. The Labute approximate surface area is 69.6 Å². The first-order valence-electron chi connectivity index (χ1n) is 3.27. The van der Waals surface area contributed by atoms with E-state index in [0.29, 0.717) is 0 Å². The molecule has 0 N–H and O–H groups in total. The van der Waals surface area contributed by atoms with Crippen molar-refractivity contribution in [2.45, 2.75) is 22.1 Å². The zero-order valence-corrected chi connectivity index (χ0v) is 9.65. The molecule has 0 aromatic carbocycles. The molecule has 0 heterocycles. The Bertz CT molecular complexity index is 80.7. The van der Waals surface area contributed by atoms with E-state index >= 15 is 0 Å². The summed E-state index contributed by atoms with van der Waals surface area (Å²) in [6.45, 7) is 4.19. The zero-order chi connectivity index (χ0) is 6.95. The van der Waals surface area contributed by atoms with E-state index < -0.39 is 0 Å². The summed E-state index contributed by atoms with van der Waals surface area (Å²) in [6.07, 6.45) is 8.89. The first kappa shape index (κ1) is 9.36. The quantitative estimate of drug-likeness (QED) is 0.425. The van der Waals surface area contributed by atoms with Gasteiger partial charge in [0, 0.05) is 0 Å². The molecular weight excluding hydrogens is 305 g/mol. The third-order valence-electron chi connectivity index (χ3n) is 0.940. The van der Waals surface area contributed by atoms with Crippen molar-refractivity contribution >= 4 is 23.2 Å². The van der Waals surface area contributed by atoms with Gasteiger partial charge in [-0.25, -0.2) is 0 Å². The molecule has 0 saturated carbocycles. The van der Waals surface area contributed by atoms with E-state index in [9.17, 15) is 0 Å². The van der Waals surface area contributed by atoms with Crippen molar-refractivity contribution in [3.8, 4) is 0 Å². The van der Waals surface area contributed by atoms with Gasteiger partial charge in [0.25, 0.3) is 0 Å². The van der Waals surface area contributed by atoms with Crippen LogP contribution in [-0.2, 0) is 0 Å². The molecule has 0 aliphatic rings. The molecule has 0 saturated heterocycles. The predicted octanol–water partition coefficient (Wildman–Crippen LogP) is 2.68. The van der Waals surface area contributed by atoms with Crippen LogP contribution in [0, 0.1) is 0 Å². The van der Waals surface area contributed by atoms with Crippen molar-refractivity contribution in [1.82, 2.24) is 0 Å². The number of hydrogen-bond acceptors (Lipinski definition) is 0. The average Bonchev–Trinajstić information content (AvgIpc) is 1.89. The fourth-order valence-electron chi connectivity index (χ4n) is 0.434. The van der Waals surface area contributed by atoms with Crippen LogP contribution >= 0.6 is 0 Å². The second-order valence-electron chi connectivity index (χ2n) is 1.73. The van der Waals surface area contributed by atoms with Crippen molar-refractivity contribution in [3.05, 3.63) is 24.3 Å². The van der Waals surface area contributed by atoms with Crippen molar-refractivity contribution in [2.75, 3.05) is 0 Å². The molecule has 0 aromatic heterocycles. The van der Waals surface area contributed by atoms with Gasteiger partial charge in [0.05, 0.1) is 0 Å². The van der Waals surface area contributed by atoms with Crippen molar-refractivity contribution in [3.63, 3.8) is 0 Å². The van der Waals surface area contributed by atoms with Gasteiger partial charge in [0.1, 0.15) is 0 Å². The topological polar surface area (TPSA) is 0 Å². The molecule has 0 unspecified atom stereocenters. The van der Waals surface area contributed by atoms with Gasteiger partial charge < -0.3 is 0 Å². The molecule has 0 aliphatic heterocycles. The standard InChI is InChI=1S/2C4H7.Bi/c2*1-3-4-2;/h2*3-4H,1H2,2H3;. The third-order valence-corrected chi connectivity index (χ3v) is 4.59. The molecule has 0 amide bonds. The van der Waals surface area contributed by atoms with Crippen LogP contribution in [0.1, 0.15) is 13.8 Å². The van der Waals surface area contributed by atoms with Gasteiger partial charge in [0.2, 0.25) is 0 Å². The Morgan fingerprint density at radius 2 is 1.44 bits per heavy atom. The fourth-order valence-corrected chi connectivity index (χ4v) is 3.81. The summed E-state index contributed by atoms with van der Waals surface area (Å²) in [7, 11) is 0. The average molecular weight is 319 g/mol. The normalized spacial score (nSPS) is 11.8. The molecule has 0 bridgehead atoms. The molecule has 0 atom stereocenters. The second kappa shape index (κ2) is 8.36. The summed E-state index contributed by atoms with van der Waals surface area (Å²) in [4.78, 5) is 0. The Morgan fingerprint density at radius 1 is 1.00 bits per heavy atom. The summed E-state index contributed by atoms with van der Waals surface area (Å²) in [5.74, 6) is 0. The molecule has 51 valence electrons. The molecule has 0 nitrogen and oxygen atoms in total. The first-order valence-corrected chi connectivity index (χ1v) is 8.19. The van der Waals surface area contributed by atoms with E-state index in [2.05, 4.69) is 38.2 Å². The van der Waals surface area contributed by atoms with Gasteiger partial charge >= 0.3 is 69.6 Å². The molecule has 0 spiro atoms. The summed E-state index contributed by atoms with van der Waals surface area (Å²) in [5, 5.41) is 0. The van der Waals surface area contributed by atoms with E-state index in [1.54, 1.807) is 0 Å². The van der Waals surface area contributed by atoms with Crippen LogP contribution in [-0.4, -0.2) is 23.2 Å². The van der Waals surface area contributed by atoms with Gasteiger partial charge in [-0.2, -0.15) is 0 Å². The number of rotatable bonds is 4. The number of allylic oxidation sites excluding steroid dienone is 4. The third kappa shape index (κ3) is 8.36. The van der Waals surface area contributed by atoms with Gasteiger partial charge in [0.15, 0.2) is 0 Å². The minimum atomic E-state index is -0.105. The molecular formula is C8H14Bi. The van der Waals surface area contributed by atoms with Crippen molar-refractivity contribution in [2.24, 2.45) is 0 Å². The van der Waals surface area contributed by atoms with Crippen LogP contribution < -0.4 is 0 Å². The monoisotopic (exact) mass is 319 g/mol. The van der Waals surface area contributed by atoms with Crippen molar-refractivity contribution < 1.29 is 0 Å². The summed E-state index contributed by atoms with van der Waals surface area (Å²) in [5.41, 5.74) is 0. The number of hydrogen-bond donors (Lipinski definition) is 0. The van der Waals surface area contributed by atoms with Gasteiger partial charge in [-0.15, -0.1) is 0 Å². The van der Waals surface area contributed by atoms with Gasteiger partial charge in [-0.1, -0.05) is 0 Å². The summed E-state index contributed by atoms with van der Waals surface area (Å²) < 4.78 is 2.81. The Kier molecular flexibility index (Phi) is 8.70. The van der Waals surface area contributed by atoms with Crippen LogP contribution in [0.5, 0.6) is 0 Å². The SMILES string of the molecule is CC=C[CH2][Bi][CH2]C=CC. The van der Waals surface area contributed by atoms with Crippen LogP contribution in [0.15, 0.2) is 24.3 Å². The Balaban J connectivity index is 2.91. The Hall–Kier alpha value is 0.363. The van der Waals surface area contributed by atoms with E-state index in [1.807, 2.05) is 0 Å². The molecule has 1 radical (unpaired) electrons. The van der Waals surface area contributed by atoms with Crippen LogP contribution in [0.3, 0.4) is 0 Å². The molecule has 0 fully saturated rings. The van der Waals surface area contributed by atoms with Crippen LogP contribution in [0.4, 0.5) is 0 Å². The molecule has 9 heavy (non-hydrogen) atoms. The zero-order valence-electron chi connectivity index (χ0n) is 6.17. The summed E-state index contributed by atoms with van der Waals surface area (Å²) in [6, 6.07) is 0. The molecule has 0 rings (SSSR count). The minimum absolute atomic E-state index is 0.105. The first-order chi connectivity index (χ1) is 4.41. The Morgan fingerprint density at radius 3 is 1.78 bits per heavy atom. The van der Waals surface area contributed by atoms with Gasteiger partial charge in [-0.3, -0.25) is 0 Å². The molecule has 0 aromatic rings.